The molecule has 0 radical (unpaired) electrons. The van der Waals surface area contributed by atoms with Crippen molar-refractivity contribution in [3.63, 3.8) is 0 Å². The van der Waals surface area contributed by atoms with Crippen molar-refractivity contribution in [2.24, 2.45) is 7.05 Å². The second kappa shape index (κ2) is 5.29. The summed E-state index contributed by atoms with van der Waals surface area (Å²) in [6.07, 6.45) is 0.467. The van der Waals surface area contributed by atoms with Gasteiger partial charge in [-0.2, -0.15) is 0 Å². The van der Waals surface area contributed by atoms with E-state index in [2.05, 4.69) is 20.8 Å². The molecular weight excluding hydrogens is 226 g/mol. The number of carbonyl (C=O) groups excluding carboxylic acids is 1. The zero-order valence-electron chi connectivity index (χ0n) is 10.0. The van der Waals surface area contributed by atoms with Gasteiger partial charge in [-0.1, -0.05) is 11.8 Å². The van der Waals surface area contributed by atoms with Crippen molar-refractivity contribution < 1.29 is 4.79 Å². The van der Waals surface area contributed by atoms with Crippen molar-refractivity contribution in [2.45, 2.75) is 37.9 Å². The average Bonchev–Trinajstić information content (AvgIpc) is 2.48. The molecule has 0 aliphatic carbocycles. The molecule has 16 heavy (non-hydrogen) atoms. The van der Waals surface area contributed by atoms with E-state index in [1.54, 1.807) is 11.7 Å². The number of aromatic nitrogens is 4. The molecule has 1 N–H and O–H groups in total. The minimum absolute atomic E-state index is 0.0510. The first-order chi connectivity index (χ1) is 7.38. The van der Waals surface area contributed by atoms with Crippen LogP contribution in [0, 0.1) is 0 Å². The summed E-state index contributed by atoms with van der Waals surface area (Å²) >= 11 is 1.47. The Morgan fingerprint density at radius 3 is 2.69 bits per heavy atom. The number of amides is 1. The van der Waals surface area contributed by atoms with Crippen LogP contribution in [0.15, 0.2) is 5.16 Å². The first-order valence-corrected chi connectivity index (χ1v) is 6.03. The predicted molar refractivity (Wildman–Crippen MR) is 62.0 cm³/mol. The molecule has 1 amide bonds. The molecule has 0 bridgehead atoms. The van der Waals surface area contributed by atoms with E-state index in [-0.39, 0.29) is 11.4 Å². The fourth-order valence-corrected chi connectivity index (χ4v) is 1.85. The summed E-state index contributed by atoms with van der Waals surface area (Å²) in [4.78, 5) is 11.5. The third-order valence-electron chi connectivity index (χ3n) is 1.66. The average molecular weight is 243 g/mol. The lowest BCUT2D eigenvalue weighted by Gasteiger charge is -2.20. The minimum atomic E-state index is -0.173. The van der Waals surface area contributed by atoms with Crippen molar-refractivity contribution in [3.05, 3.63) is 0 Å². The molecule has 1 aromatic rings. The molecule has 0 aliphatic heterocycles. The number of thioether (sulfide) groups is 1. The summed E-state index contributed by atoms with van der Waals surface area (Å²) in [6.45, 7) is 5.89. The molecule has 1 aromatic heterocycles. The summed E-state index contributed by atoms with van der Waals surface area (Å²) in [6, 6.07) is 0. The van der Waals surface area contributed by atoms with Crippen molar-refractivity contribution in [2.75, 3.05) is 5.75 Å². The van der Waals surface area contributed by atoms with Crippen LogP contribution in [-0.2, 0) is 11.8 Å². The second-order valence-corrected chi connectivity index (χ2v) is 5.54. The van der Waals surface area contributed by atoms with E-state index < -0.39 is 0 Å². The SMILES string of the molecule is Cn1nnnc1SCCC(=O)NC(C)(C)C. The van der Waals surface area contributed by atoms with Gasteiger partial charge in [-0.05, 0) is 31.2 Å². The second-order valence-electron chi connectivity index (χ2n) is 4.48. The molecule has 0 aromatic carbocycles. The lowest BCUT2D eigenvalue weighted by Crippen LogP contribution is -2.40. The summed E-state index contributed by atoms with van der Waals surface area (Å²) in [5.74, 6) is 0.728. The molecular formula is C9H17N5OS. The zero-order chi connectivity index (χ0) is 12.2. The third kappa shape index (κ3) is 4.61. The highest BCUT2D eigenvalue weighted by molar-refractivity contribution is 7.99. The molecule has 0 saturated heterocycles. The Balaban J connectivity index is 2.26. The Morgan fingerprint density at radius 2 is 2.19 bits per heavy atom. The van der Waals surface area contributed by atoms with Crippen LogP contribution in [0.5, 0.6) is 0 Å². The number of carbonyl (C=O) groups is 1. The van der Waals surface area contributed by atoms with E-state index >= 15 is 0 Å². The first-order valence-electron chi connectivity index (χ1n) is 5.04. The van der Waals surface area contributed by atoms with E-state index in [1.165, 1.54) is 11.8 Å². The van der Waals surface area contributed by atoms with Crippen molar-refractivity contribution in [3.8, 4) is 0 Å². The Bertz CT molecular complexity index is 357. The largest absolute Gasteiger partial charge is 0.351 e. The number of nitrogens with zero attached hydrogens (tertiary/aromatic N) is 4. The highest BCUT2D eigenvalue weighted by Gasteiger charge is 2.13. The molecule has 0 fully saturated rings. The minimum Gasteiger partial charge on any atom is -0.351 e. The molecule has 7 heteroatoms. The van der Waals surface area contributed by atoms with Gasteiger partial charge in [0.15, 0.2) is 0 Å². The van der Waals surface area contributed by atoms with Gasteiger partial charge in [-0.3, -0.25) is 4.79 Å². The zero-order valence-corrected chi connectivity index (χ0v) is 10.8. The van der Waals surface area contributed by atoms with Crippen molar-refractivity contribution >= 4 is 17.7 Å². The predicted octanol–water partition coefficient (Wildman–Crippen LogP) is 0.607. The van der Waals surface area contributed by atoms with Crippen LogP contribution in [0.3, 0.4) is 0 Å². The van der Waals surface area contributed by atoms with E-state index in [9.17, 15) is 4.79 Å². The molecule has 90 valence electrons. The Kier molecular flexibility index (Phi) is 4.28. The fourth-order valence-electron chi connectivity index (χ4n) is 1.06. The van der Waals surface area contributed by atoms with E-state index in [0.29, 0.717) is 12.2 Å². The van der Waals surface area contributed by atoms with Crippen molar-refractivity contribution in [1.82, 2.24) is 25.5 Å². The monoisotopic (exact) mass is 243 g/mol. The number of nitrogens with one attached hydrogen (secondary N) is 1. The molecule has 1 heterocycles. The quantitative estimate of drug-likeness (QED) is 0.784. The van der Waals surface area contributed by atoms with Gasteiger partial charge in [-0.15, -0.1) is 5.10 Å². The van der Waals surface area contributed by atoms with Crippen LogP contribution < -0.4 is 5.32 Å². The molecule has 0 unspecified atom stereocenters. The normalized spacial score (nSPS) is 11.5. The molecule has 0 spiro atoms. The highest BCUT2D eigenvalue weighted by atomic mass is 32.2. The first kappa shape index (κ1) is 13.0. The van der Waals surface area contributed by atoms with E-state index in [4.69, 9.17) is 0 Å². The van der Waals surface area contributed by atoms with Gasteiger partial charge in [0.1, 0.15) is 0 Å². The lowest BCUT2D eigenvalue weighted by atomic mass is 10.1. The highest BCUT2D eigenvalue weighted by Crippen LogP contribution is 2.13. The molecule has 0 aliphatic rings. The smallest absolute Gasteiger partial charge is 0.221 e. The number of tetrazole rings is 1. The molecule has 1 rings (SSSR count). The number of hydrogen-bond acceptors (Lipinski definition) is 5. The van der Waals surface area contributed by atoms with Gasteiger partial charge in [0.05, 0.1) is 0 Å². The van der Waals surface area contributed by atoms with E-state index in [0.717, 1.165) is 5.16 Å². The standard InChI is InChI=1S/C9H17N5OS/c1-9(2,3)10-7(15)5-6-16-8-11-12-13-14(8)4/h5-6H2,1-4H3,(H,10,15). The Hall–Kier alpha value is -1.11. The van der Waals surface area contributed by atoms with Gasteiger partial charge >= 0.3 is 0 Å². The maximum atomic E-state index is 11.5. The summed E-state index contributed by atoms with van der Waals surface area (Å²) in [7, 11) is 1.78. The number of hydrogen-bond donors (Lipinski definition) is 1. The van der Waals surface area contributed by atoms with Crippen molar-refractivity contribution in [1.29, 1.82) is 0 Å². The summed E-state index contributed by atoms with van der Waals surface area (Å²) in [5, 5.41) is 14.7. The van der Waals surface area contributed by atoms with Gasteiger partial charge in [0.2, 0.25) is 11.1 Å². The maximum absolute atomic E-state index is 11.5. The van der Waals surface area contributed by atoms with E-state index in [1.807, 2.05) is 20.8 Å². The van der Waals surface area contributed by atoms with Gasteiger partial charge in [-0.25, -0.2) is 4.68 Å². The van der Waals surface area contributed by atoms with Crippen LogP contribution >= 0.6 is 11.8 Å². The van der Waals surface area contributed by atoms with Crippen LogP contribution in [0.4, 0.5) is 0 Å². The third-order valence-corrected chi connectivity index (χ3v) is 2.67. The number of aryl methyl sites for hydroxylation is 1. The van der Waals surface area contributed by atoms with Crippen LogP contribution in [0.1, 0.15) is 27.2 Å². The topological polar surface area (TPSA) is 72.7 Å². The molecule has 6 nitrogen and oxygen atoms in total. The van der Waals surface area contributed by atoms with Gasteiger partial charge in [0.25, 0.3) is 0 Å². The maximum Gasteiger partial charge on any atom is 0.221 e. The van der Waals surface area contributed by atoms with Crippen LogP contribution in [-0.4, -0.2) is 37.4 Å². The Labute approximate surface area is 99.2 Å². The number of rotatable bonds is 4. The van der Waals surface area contributed by atoms with Gasteiger partial charge in [0, 0.05) is 24.8 Å². The van der Waals surface area contributed by atoms with Crippen LogP contribution in [0.25, 0.3) is 0 Å². The molecule has 0 atom stereocenters. The summed E-state index contributed by atoms with van der Waals surface area (Å²) < 4.78 is 1.59. The molecule has 0 saturated carbocycles. The lowest BCUT2D eigenvalue weighted by molar-refractivity contribution is -0.122. The Morgan fingerprint density at radius 1 is 1.50 bits per heavy atom. The fraction of sp³-hybridized carbons (Fsp3) is 0.778. The van der Waals surface area contributed by atoms with Gasteiger partial charge < -0.3 is 5.32 Å². The summed E-state index contributed by atoms with van der Waals surface area (Å²) in [5.41, 5.74) is -0.173. The van der Waals surface area contributed by atoms with Crippen LogP contribution in [0.2, 0.25) is 0 Å².